The minimum absolute atomic E-state index is 0.0101. The maximum Gasteiger partial charge on any atom is 0.253 e. The molecule has 0 saturated carbocycles. The van der Waals surface area contributed by atoms with Crippen LogP contribution in [0.4, 0.5) is 11.4 Å². The molecular formula is C14H20N4O2. The number of anilines is 2. The van der Waals surface area contributed by atoms with E-state index < -0.39 is 0 Å². The number of nitrogens with one attached hydrogen (secondary N) is 1. The number of hydrogen-bond donors (Lipinski definition) is 2. The van der Waals surface area contributed by atoms with Crippen molar-refractivity contribution in [1.82, 2.24) is 10.2 Å². The van der Waals surface area contributed by atoms with Gasteiger partial charge in [0.05, 0.1) is 11.4 Å². The first-order chi connectivity index (χ1) is 9.41. The molecule has 1 fully saturated rings. The first-order valence-corrected chi connectivity index (χ1v) is 6.57. The highest BCUT2D eigenvalue weighted by molar-refractivity contribution is 5.96. The Kier molecular flexibility index (Phi) is 3.83. The van der Waals surface area contributed by atoms with Crippen molar-refractivity contribution in [3.05, 3.63) is 23.8 Å². The quantitative estimate of drug-likeness (QED) is 0.761. The van der Waals surface area contributed by atoms with E-state index in [1.807, 2.05) is 11.8 Å². The Balaban J connectivity index is 2.30. The molecular weight excluding hydrogens is 256 g/mol. The van der Waals surface area contributed by atoms with Crippen LogP contribution in [0.1, 0.15) is 17.3 Å². The Hall–Kier alpha value is -2.24. The Morgan fingerprint density at radius 2 is 2.15 bits per heavy atom. The summed E-state index contributed by atoms with van der Waals surface area (Å²) in [5, 5.41) is 2.81. The molecule has 3 N–H and O–H groups in total. The lowest BCUT2D eigenvalue weighted by molar-refractivity contribution is -0.122. The molecule has 0 spiro atoms. The Labute approximate surface area is 118 Å². The van der Waals surface area contributed by atoms with Crippen LogP contribution in [0.25, 0.3) is 0 Å². The molecule has 0 aromatic heterocycles. The van der Waals surface area contributed by atoms with Gasteiger partial charge in [0.1, 0.15) is 6.04 Å². The van der Waals surface area contributed by atoms with Crippen LogP contribution in [0.5, 0.6) is 0 Å². The molecule has 6 heteroatoms. The molecule has 1 heterocycles. The van der Waals surface area contributed by atoms with Crippen LogP contribution in [-0.4, -0.2) is 49.9 Å². The SMILES string of the molecule is CC1C(=O)NCCN1c1ccc(C(=O)N(C)C)cc1N. The van der Waals surface area contributed by atoms with Crippen LogP contribution in [0, 0.1) is 0 Å². The summed E-state index contributed by atoms with van der Waals surface area (Å²) in [7, 11) is 3.40. The normalized spacial score (nSPS) is 18.6. The number of carbonyl (C=O) groups excluding carboxylic acids is 2. The highest BCUT2D eigenvalue weighted by Gasteiger charge is 2.27. The maximum absolute atomic E-state index is 11.9. The second-order valence-electron chi connectivity index (χ2n) is 5.13. The fourth-order valence-electron chi connectivity index (χ4n) is 2.32. The lowest BCUT2D eigenvalue weighted by atomic mass is 10.1. The summed E-state index contributed by atoms with van der Waals surface area (Å²) in [4.78, 5) is 27.1. The van der Waals surface area contributed by atoms with E-state index >= 15 is 0 Å². The van der Waals surface area contributed by atoms with E-state index in [-0.39, 0.29) is 17.9 Å². The zero-order chi connectivity index (χ0) is 14.9. The number of benzene rings is 1. The van der Waals surface area contributed by atoms with Crippen molar-refractivity contribution in [3.63, 3.8) is 0 Å². The Bertz CT molecular complexity index is 542. The van der Waals surface area contributed by atoms with Gasteiger partial charge in [-0.3, -0.25) is 9.59 Å². The van der Waals surface area contributed by atoms with Gasteiger partial charge in [-0.1, -0.05) is 0 Å². The number of nitrogens with two attached hydrogens (primary N) is 1. The molecule has 1 unspecified atom stereocenters. The lowest BCUT2D eigenvalue weighted by Crippen LogP contribution is -2.54. The predicted molar refractivity (Wildman–Crippen MR) is 78.7 cm³/mol. The first-order valence-electron chi connectivity index (χ1n) is 6.57. The van der Waals surface area contributed by atoms with Crippen molar-refractivity contribution in [2.24, 2.45) is 0 Å². The number of amides is 2. The topological polar surface area (TPSA) is 78.7 Å². The van der Waals surface area contributed by atoms with E-state index in [1.54, 1.807) is 32.3 Å². The van der Waals surface area contributed by atoms with E-state index in [0.717, 1.165) is 5.69 Å². The maximum atomic E-state index is 11.9. The molecule has 6 nitrogen and oxygen atoms in total. The number of nitrogens with zero attached hydrogens (tertiary/aromatic N) is 2. The summed E-state index contributed by atoms with van der Waals surface area (Å²) in [6.45, 7) is 3.14. The summed E-state index contributed by atoms with van der Waals surface area (Å²) in [6, 6.07) is 4.95. The fraction of sp³-hybridized carbons (Fsp3) is 0.429. The van der Waals surface area contributed by atoms with Crippen molar-refractivity contribution in [2.45, 2.75) is 13.0 Å². The van der Waals surface area contributed by atoms with Gasteiger partial charge >= 0.3 is 0 Å². The minimum Gasteiger partial charge on any atom is -0.397 e. The van der Waals surface area contributed by atoms with Gasteiger partial charge < -0.3 is 20.9 Å². The van der Waals surface area contributed by atoms with Crippen LogP contribution in [0.15, 0.2) is 18.2 Å². The molecule has 108 valence electrons. The molecule has 0 bridgehead atoms. The van der Waals surface area contributed by atoms with Crippen molar-refractivity contribution in [2.75, 3.05) is 37.8 Å². The van der Waals surface area contributed by atoms with Gasteiger partial charge in [0, 0.05) is 32.7 Å². The van der Waals surface area contributed by atoms with Crippen molar-refractivity contribution >= 4 is 23.2 Å². The monoisotopic (exact) mass is 276 g/mol. The number of nitrogen functional groups attached to an aromatic ring is 1. The highest BCUT2D eigenvalue weighted by atomic mass is 16.2. The summed E-state index contributed by atoms with van der Waals surface area (Å²) in [5.74, 6) is -0.100. The third-order valence-electron chi connectivity index (χ3n) is 3.49. The highest BCUT2D eigenvalue weighted by Crippen LogP contribution is 2.27. The first kappa shape index (κ1) is 14.2. The van der Waals surface area contributed by atoms with Crippen molar-refractivity contribution in [1.29, 1.82) is 0 Å². The van der Waals surface area contributed by atoms with Gasteiger partial charge in [-0.05, 0) is 25.1 Å². The lowest BCUT2D eigenvalue weighted by Gasteiger charge is -2.35. The third kappa shape index (κ3) is 2.54. The molecule has 1 aliphatic heterocycles. The summed E-state index contributed by atoms with van der Waals surface area (Å²) < 4.78 is 0. The molecule has 1 aromatic carbocycles. The van der Waals surface area contributed by atoms with Crippen LogP contribution >= 0.6 is 0 Å². The summed E-state index contributed by atoms with van der Waals surface area (Å²) in [5.41, 5.74) is 7.91. The molecule has 2 amide bonds. The smallest absolute Gasteiger partial charge is 0.253 e. The van der Waals surface area contributed by atoms with E-state index in [9.17, 15) is 9.59 Å². The van der Waals surface area contributed by atoms with Crippen LogP contribution < -0.4 is 16.0 Å². The molecule has 20 heavy (non-hydrogen) atoms. The van der Waals surface area contributed by atoms with Gasteiger partial charge in [-0.15, -0.1) is 0 Å². The van der Waals surface area contributed by atoms with Gasteiger partial charge in [0.15, 0.2) is 0 Å². The fourth-order valence-corrected chi connectivity index (χ4v) is 2.32. The Morgan fingerprint density at radius 1 is 1.45 bits per heavy atom. The summed E-state index contributed by atoms with van der Waals surface area (Å²) >= 11 is 0. The average Bonchev–Trinajstić information content (AvgIpc) is 2.41. The van der Waals surface area contributed by atoms with Gasteiger partial charge in [0.25, 0.3) is 5.91 Å². The second kappa shape index (κ2) is 5.40. The molecule has 1 saturated heterocycles. The van der Waals surface area contributed by atoms with E-state index in [1.165, 1.54) is 4.90 Å². The number of carbonyl (C=O) groups is 2. The third-order valence-corrected chi connectivity index (χ3v) is 3.49. The van der Waals surface area contributed by atoms with E-state index in [4.69, 9.17) is 5.73 Å². The molecule has 1 aliphatic rings. The van der Waals surface area contributed by atoms with Gasteiger partial charge in [-0.25, -0.2) is 0 Å². The summed E-state index contributed by atoms with van der Waals surface area (Å²) in [6.07, 6.45) is 0. The van der Waals surface area contributed by atoms with Crippen LogP contribution in [0.2, 0.25) is 0 Å². The van der Waals surface area contributed by atoms with Crippen molar-refractivity contribution in [3.8, 4) is 0 Å². The molecule has 1 aromatic rings. The Morgan fingerprint density at radius 3 is 2.75 bits per heavy atom. The van der Waals surface area contributed by atoms with Crippen molar-refractivity contribution < 1.29 is 9.59 Å². The van der Waals surface area contributed by atoms with Crippen LogP contribution in [-0.2, 0) is 4.79 Å². The molecule has 1 atom stereocenters. The van der Waals surface area contributed by atoms with Gasteiger partial charge in [-0.2, -0.15) is 0 Å². The minimum atomic E-state index is -0.263. The van der Waals surface area contributed by atoms with E-state index in [0.29, 0.717) is 24.3 Å². The standard InChI is InChI=1S/C14H20N4O2/c1-9-13(19)16-6-7-18(9)12-5-4-10(8-11(12)15)14(20)17(2)3/h4-5,8-9H,6-7,15H2,1-3H3,(H,16,19). The van der Waals surface area contributed by atoms with E-state index in [2.05, 4.69) is 5.32 Å². The molecule has 2 rings (SSSR count). The zero-order valence-corrected chi connectivity index (χ0v) is 12.0. The average molecular weight is 276 g/mol. The number of hydrogen-bond acceptors (Lipinski definition) is 4. The van der Waals surface area contributed by atoms with Gasteiger partial charge in [0.2, 0.25) is 5.91 Å². The molecule has 0 radical (unpaired) electrons. The largest absolute Gasteiger partial charge is 0.397 e. The number of piperazine rings is 1. The predicted octanol–water partition coefficient (Wildman–Crippen LogP) is 0.295. The number of rotatable bonds is 2. The zero-order valence-electron chi connectivity index (χ0n) is 12.0. The molecule has 0 aliphatic carbocycles. The van der Waals surface area contributed by atoms with Crippen LogP contribution in [0.3, 0.4) is 0 Å². The second-order valence-corrected chi connectivity index (χ2v) is 5.13.